The number of nitrogens with two attached hydrogens (primary N) is 1. The van der Waals surface area contributed by atoms with Gasteiger partial charge >= 0.3 is 0 Å². The summed E-state index contributed by atoms with van der Waals surface area (Å²) in [6.07, 6.45) is 2.43. The predicted octanol–water partition coefficient (Wildman–Crippen LogP) is 2.05. The van der Waals surface area contributed by atoms with Crippen molar-refractivity contribution in [3.8, 4) is 0 Å². The van der Waals surface area contributed by atoms with Crippen molar-refractivity contribution < 1.29 is 4.79 Å². The van der Waals surface area contributed by atoms with E-state index in [-0.39, 0.29) is 11.9 Å². The van der Waals surface area contributed by atoms with Crippen molar-refractivity contribution in [3.63, 3.8) is 0 Å². The lowest BCUT2D eigenvalue weighted by Gasteiger charge is -2.18. The third kappa shape index (κ3) is 2.86. The summed E-state index contributed by atoms with van der Waals surface area (Å²) in [6, 6.07) is 8.24. The van der Waals surface area contributed by atoms with E-state index in [0.29, 0.717) is 6.42 Å². The first-order chi connectivity index (χ1) is 8.20. The minimum Gasteiger partial charge on any atom is -0.334 e. The number of nitrogens with zero attached hydrogens (tertiary/aromatic N) is 1. The summed E-state index contributed by atoms with van der Waals surface area (Å²) in [7, 11) is 0. The Kier molecular flexibility index (Phi) is 3.79. The second-order valence-electron chi connectivity index (χ2n) is 4.77. The summed E-state index contributed by atoms with van der Waals surface area (Å²) < 4.78 is 0. The second kappa shape index (κ2) is 5.32. The molecule has 3 heteroatoms. The zero-order chi connectivity index (χ0) is 12.3. The second-order valence-corrected chi connectivity index (χ2v) is 4.77. The van der Waals surface area contributed by atoms with Crippen LogP contribution in [0.5, 0.6) is 0 Å². The summed E-state index contributed by atoms with van der Waals surface area (Å²) in [5.74, 6) is 0.183. The van der Waals surface area contributed by atoms with Crippen molar-refractivity contribution in [2.75, 3.05) is 0 Å². The Morgan fingerprint density at radius 2 is 1.94 bits per heavy atom. The average Bonchev–Trinajstić information content (AvgIpc) is 2.72. The first-order valence-corrected chi connectivity index (χ1v) is 6.31. The summed E-state index contributed by atoms with van der Waals surface area (Å²) in [4.78, 5) is 13.9. The molecule has 1 amide bonds. The van der Waals surface area contributed by atoms with Crippen LogP contribution in [-0.4, -0.2) is 16.8 Å². The highest BCUT2D eigenvalue weighted by atomic mass is 16.2. The number of rotatable bonds is 4. The molecule has 1 heterocycles. The van der Waals surface area contributed by atoms with Crippen LogP contribution in [0.15, 0.2) is 24.3 Å². The average molecular weight is 232 g/mol. The molecule has 0 spiro atoms. The van der Waals surface area contributed by atoms with Crippen molar-refractivity contribution in [1.82, 2.24) is 4.90 Å². The molecule has 2 rings (SSSR count). The molecule has 0 bridgehead atoms. The van der Waals surface area contributed by atoms with Gasteiger partial charge in [0.05, 0.1) is 0 Å². The van der Waals surface area contributed by atoms with E-state index in [2.05, 4.69) is 19.1 Å². The smallest absolute Gasteiger partial charge is 0.224 e. The zero-order valence-electron chi connectivity index (χ0n) is 10.4. The van der Waals surface area contributed by atoms with E-state index in [0.717, 1.165) is 25.9 Å². The van der Waals surface area contributed by atoms with Crippen LogP contribution in [0, 0.1) is 0 Å². The lowest BCUT2D eigenvalue weighted by Crippen LogP contribution is -2.32. The quantitative estimate of drug-likeness (QED) is 0.863. The molecule has 0 saturated heterocycles. The Balaban J connectivity index is 1.92. The standard InChI is InChI=1S/C14H20N2O/c1-2-5-13(15)8-14(17)16-9-11-6-3-4-7-12(11)10-16/h3-4,6-7,13H,2,5,8-10,15H2,1H3. The van der Waals surface area contributed by atoms with Gasteiger partial charge < -0.3 is 10.6 Å². The van der Waals surface area contributed by atoms with Gasteiger partial charge in [-0.05, 0) is 17.5 Å². The van der Waals surface area contributed by atoms with E-state index >= 15 is 0 Å². The molecule has 1 aromatic carbocycles. The van der Waals surface area contributed by atoms with Gasteiger partial charge in [0, 0.05) is 25.6 Å². The minimum atomic E-state index is 0.0104. The Morgan fingerprint density at radius 1 is 1.35 bits per heavy atom. The first kappa shape index (κ1) is 12.1. The van der Waals surface area contributed by atoms with Gasteiger partial charge in [0.1, 0.15) is 0 Å². The van der Waals surface area contributed by atoms with E-state index in [9.17, 15) is 4.79 Å². The lowest BCUT2D eigenvalue weighted by atomic mass is 10.1. The first-order valence-electron chi connectivity index (χ1n) is 6.31. The fourth-order valence-electron chi connectivity index (χ4n) is 2.34. The molecule has 1 atom stereocenters. The Bertz CT molecular complexity index is 378. The van der Waals surface area contributed by atoms with Crippen LogP contribution in [0.3, 0.4) is 0 Å². The third-order valence-corrected chi connectivity index (χ3v) is 3.29. The van der Waals surface area contributed by atoms with E-state index in [1.807, 2.05) is 17.0 Å². The predicted molar refractivity (Wildman–Crippen MR) is 68.2 cm³/mol. The number of amides is 1. The van der Waals surface area contributed by atoms with Gasteiger partial charge in [0.2, 0.25) is 5.91 Å². The molecule has 92 valence electrons. The van der Waals surface area contributed by atoms with Crippen LogP contribution in [-0.2, 0) is 17.9 Å². The van der Waals surface area contributed by atoms with Crippen LogP contribution in [0.1, 0.15) is 37.3 Å². The van der Waals surface area contributed by atoms with Crippen molar-refractivity contribution >= 4 is 5.91 Å². The zero-order valence-corrected chi connectivity index (χ0v) is 10.4. The number of hydrogen-bond acceptors (Lipinski definition) is 2. The largest absolute Gasteiger partial charge is 0.334 e. The summed E-state index contributed by atoms with van der Waals surface area (Å²) in [5.41, 5.74) is 8.45. The maximum Gasteiger partial charge on any atom is 0.224 e. The number of benzene rings is 1. The fourth-order valence-corrected chi connectivity index (χ4v) is 2.34. The van der Waals surface area contributed by atoms with Gasteiger partial charge in [-0.3, -0.25) is 4.79 Å². The lowest BCUT2D eigenvalue weighted by molar-refractivity contribution is -0.132. The molecule has 0 aliphatic carbocycles. The number of fused-ring (bicyclic) bond motifs is 1. The molecular weight excluding hydrogens is 212 g/mol. The van der Waals surface area contributed by atoms with Crippen molar-refractivity contribution in [3.05, 3.63) is 35.4 Å². The van der Waals surface area contributed by atoms with Gasteiger partial charge in [0.25, 0.3) is 0 Å². The maximum atomic E-state index is 12.0. The molecular formula is C14H20N2O. The molecule has 0 fully saturated rings. The van der Waals surface area contributed by atoms with E-state index < -0.39 is 0 Å². The SMILES string of the molecule is CCCC(N)CC(=O)N1Cc2ccccc2C1. The Morgan fingerprint density at radius 3 is 2.47 bits per heavy atom. The Labute approximate surface area is 103 Å². The molecule has 0 saturated carbocycles. The normalized spacial score (nSPS) is 15.8. The van der Waals surface area contributed by atoms with Crippen LogP contribution in [0.4, 0.5) is 0 Å². The minimum absolute atomic E-state index is 0.0104. The molecule has 2 N–H and O–H groups in total. The summed E-state index contributed by atoms with van der Waals surface area (Å²) in [6.45, 7) is 3.58. The van der Waals surface area contributed by atoms with E-state index in [4.69, 9.17) is 5.73 Å². The molecule has 1 aliphatic heterocycles. The number of hydrogen-bond donors (Lipinski definition) is 1. The van der Waals surface area contributed by atoms with E-state index in [1.165, 1.54) is 11.1 Å². The highest BCUT2D eigenvalue weighted by Crippen LogP contribution is 2.23. The molecule has 1 aliphatic rings. The van der Waals surface area contributed by atoms with Crippen LogP contribution >= 0.6 is 0 Å². The highest BCUT2D eigenvalue weighted by molar-refractivity contribution is 5.77. The summed E-state index contributed by atoms with van der Waals surface area (Å²) in [5, 5.41) is 0. The Hall–Kier alpha value is -1.35. The van der Waals surface area contributed by atoms with Gasteiger partial charge in [-0.25, -0.2) is 0 Å². The van der Waals surface area contributed by atoms with Crippen LogP contribution < -0.4 is 5.73 Å². The molecule has 1 aromatic rings. The highest BCUT2D eigenvalue weighted by Gasteiger charge is 2.23. The number of carbonyl (C=O) groups excluding carboxylic acids is 1. The van der Waals surface area contributed by atoms with Gasteiger partial charge in [0.15, 0.2) is 0 Å². The molecule has 0 radical (unpaired) electrons. The van der Waals surface area contributed by atoms with Crippen molar-refractivity contribution in [1.29, 1.82) is 0 Å². The molecule has 3 nitrogen and oxygen atoms in total. The van der Waals surface area contributed by atoms with Crippen molar-refractivity contribution in [2.24, 2.45) is 5.73 Å². The molecule has 17 heavy (non-hydrogen) atoms. The van der Waals surface area contributed by atoms with Gasteiger partial charge in [-0.1, -0.05) is 37.6 Å². The topological polar surface area (TPSA) is 46.3 Å². The third-order valence-electron chi connectivity index (χ3n) is 3.29. The molecule has 1 unspecified atom stereocenters. The monoisotopic (exact) mass is 232 g/mol. The van der Waals surface area contributed by atoms with Crippen molar-refractivity contribution in [2.45, 2.75) is 45.3 Å². The van der Waals surface area contributed by atoms with Gasteiger partial charge in [-0.15, -0.1) is 0 Å². The molecule has 0 aromatic heterocycles. The van der Waals surface area contributed by atoms with Gasteiger partial charge in [-0.2, -0.15) is 0 Å². The number of carbonyl (C=O) groups is 1. The fraction of sp³-hybridized carbons (Fsp3) is 0.500. The van der Waals surface area contributed by atoms with E-state index in [1.54, 1.807) is 0 Å². The van der Waals surface area contributed by atoms with Crippen LogP contribution in [0.2, 0.25) is 0 Å². The van der Waals surface area contributed by atoms with Crippen LogP contribution in [0.25, 0.3) is 0 Å². The maximum absolute atomic E-state index is 12.0. The summed E-state index contributed by atoms with van der Waals surface area (Å²) >= 11 is 0.